The molecule has 2 fully saturated rings. The summed E-state index contributed by atoms with van der Waals surface area (Å²) >= 11 is 0. The van der Waals surface area contributed by atoms with Crippen LogP contribution in [0.1, 0.15) is 46.0 Å². The Balaban J connectivity index is 2.05. The third kappa shape index (κ3) is 1.97. The second-order valence-electron chi connectivity index (χ2n) is 4.94. The minimum absolute atomic E-state index is 0.152. The number of hydrogen-bond acceptors (Lipinski definition) is 1. The number of rotatable bonds is 1. The fourth-order valence-corrected chi connectivity index (χ4v) is 3.30. The van der Waals surface area contributed by atoms with Gasteiger partial charge in [-0.05, 0) is 39.0 Å². The van der Waals surface area contributed by atoms with E-state index in [2.05, 4.69) is 17.1 Å². The standard InChI is InChI=1S/C12H22N2O/c1-3-13-12(15)14-9(2)8-10-6-4-5-7-11(10)14/h9-11H,3-8H2,1-2H3,(H,13,15)/t9-,10+,11-/m1/s1. The first-order valence-corrected chi connectivity index (χ1v) is 6.30. The van der Waals surface area contributed by atoms with Crippen molar-refractivity contribution in [1.82, 2.24) is 10.2 Å². The van der Waals surface area contributed by atoms with Gasteiger partial charge in [-0.15, -0.1) is 0 Å². The lowest BCUT2D eigenvalue weighted by Crippen LogP contribution is -2.47. The summed E-state index contributed by atoms with van der Waals surface area (Å²) in [4.78, 5) is 14.0. The molecule has 2 aliphatic rings. The maximum atomic E-state index is 11.9. The lowest BCUT2D eigenvalue weighted by atomic mass is 9.85. The first kappa shape index (κ1) is 10.8. The second kappa shape index (κ2) is 4.42. The number of likely N-dealkylation sites (tertiary alicyclic amines) is 1. The van der Waals surface area contributed by atoms with Crippen LogP contribution < -0.4 is 5.32 Å². The van der Waals surface area contributed by atoms with Crippen molar-refractivity contribution in [2.24, 2.45) is 5.92 Å². The molecule has 3 nitrogen and oxygen atoms in total. The van der Waals surface area contributed by atoms with Crippen molar-refractivity contribution in [3.8, 4) is 0 Å². The van der Waals surface area contributed by atoms with Crippen LogP contribution in [0.4, 0.5) is 4.79 Å². The Morgan fingerprint density at radius 1 is 1.40 bits per heavy atom. The molecule has 0 aromatic carbocycles. The number of fused-ring (bicyclic) bond motifs is 1. The Hall–Kier alpha value is -0.730. The molecule has 1 N–H and O–H groups in total. The van der Waals surface area contributed by atoms with Crippen molar-refractivity contribution in [3.63, 3.8) is 0 Å². The minimum Gasteiger partial charge on any atom is -0.338 e. The van der Waals surface area contributed by atoms with Crippen LogP contribution in [0.3, 0.4) is 0 Å². The third-order valence-corrected chi connectivity index (χ3v) is 3.91. The summed E-state index contributed by atoms with van der Waals surface area (Å²) in [5.41, 5.74) is 0. The zero-order valence-electron chi connectivity index (χ0n) is 9.83. The van der Waals surface area contributed by atoms with E-state index in [-0.39, 0.29) is 6.03 Å². The van der Waals surface area contributed by atoms with Gasteiger partial charge in [0.25, 0.3) is 0 Å². The molecule has 3 atom stereocenters. The molecular formula is C12H22N2O. The maximum Gasteiger partial charge on any atom is 0.317 e. The Morgan fingerprint density at radius 2 is 2.13 bits per heavy atom. The van der Waals surface area contributed by atoms with E-state index >= 15 is 0 Å². The van der Waals surface area contributed by atoms with E-state index in [9.17, 15) is 4.79 Å². The monoisotopic (exact) mass is 210 g/mol. The van der Waals surface area contributed by atoms with Crippen LogP contribution in [0.15, 0.2) is 0 Å². The van der Waals surface area contributed by atoms with Gasteiger partial charge >= 0.3 is 6.03 Å². The molecule has 1 saturated heterocycles. The van der Waals surface area contributed by atoms with E-state index in [4.69, 9.17) is 0 Å². The zero-order chi connectivity index (χ0) is 10.8. The van der Waals surface area contributed by atoms with Crippen molar-refractivity contribution in [2.45, 2.75) is 58.0 Å². The number of urea groups is 1. The van der Waals surface area contributed by atoms with Crippen molar-refractivity contribution >= 4 is 6.03 Å². The Morgan fingerprint density at radius 3 is 2.87 bits per heavy atom. The number of amides is 2. The van der Waals surface area contributed by atoms with Crippen LogP contribution >= 0.6 is 0 Å². The molecule has 2 amide bonds. The summed E-state index contributed by atoms with van der Waals surface area (Å²) in [6.45, 7) is 4.91. The molecule has 1 aliphatic heterocycles. The molecule has 0 aromatic heterocycles. The van der Waals surface area contributed by atoms with Gasteiger partial charge in [0.2, 0.25) is 0 Å². The molecule has 1 saturated carbocycles. The van der Waals surface area contributed by atoms with Crippen LogP contribution in [0, 0.1) is 5.92 Å². The lowest BCUT2D eigenvalue weighted by Gasteiger charge is -2.33. The maximum absolute atomic E-state index is 11.9. The number of carbonyl (C=O) groups excluding carboxylic acids is 1. The predicted octanol–water partition coefficient (Wildman–Crippen LogP) is 2.37. The molecule has 0 spiro atoms. The molecule has 0 unspecified atom stereocenters. The van der Waals surface area contributed by atoms with Crippen LogP contribution in [-0.4, -0.2) is 29.6 Å². The lowest BCUT2D eigenvalue weighted by molar-refractivity contribution is 0.156. The number of carbonyl (C=O) groups is 1. The molecule has 0 radical (unpaired) electrons. The normalized spacial score (nSPS) is 35.1. The van der Waals surface area contributed by atoms with Crippen LogP contribution in [0.2, 0.25) is 0 Å². The average molecular weight is 210 g/mol. The highest BCUT2D eigenvalue weighted by molar-refractivity contribution is 5.75. The zero-order valence-corrected chi connectivity index (χ0v) is 9.83. The fraction of sp³-hybridized carbons (Fsp3) is 0.917. The molecule has 86 valence electrons. The highest BCUT2D eigenvalue weighted by atomic mass is 16.2. The van der Waals surface area contributed by atoms with Crippen molar-refractivity contribution in [2.75, 3.05) is 6.54 Å². The summed E-state index contributed by atoms with van der Waals surface area (Å²) in [5.74, 6) is 0.774. The van der Waals surface area contributed by atoms with E-state index in [1.54, 1.807) is 0 Å². The minimum atomic E-state index is 0.152. The van der Waals surface area contributed by atoms with Gasteiger partial charge in [-0.3, -0.25) is 0 Å². The van der Waals surface area contributed by atoms with E-state index in [0.717, 1.165) is 12.5 Å². The summed E-state index contributed by atoms with van der Waals surface area (Å²) in [7, 11) is 0. The number of nitrogens with one attached hydrogen (secondary N) is 1. The Bertz CT molecular complexity index is 242. The topological polar surface area (TPSA) is 32.3 Å². The molecular weight excluding hydrogens is 188 g/mol. The average Bonchev–Trinajstić information content (AvgIpc) is 2.54. The Labute approximate surface area is 92.2 Å². The molecule has 2 rings (SSSR count). The third-order valence-electron chi connectivity index (χ3n) is 3.91. The Kier molecular flexibility index (Phi) is 3.17. The largest absolute Gasteiger partial charge is 0.338 e. The molecule has 1 heterocycles. The van der Waals surface area contributed by atoms with Crippen LogP contribution in [0.5, 0.6) is 0 Å². The SMILES string of the molecule is CCNC(=O)N1[C@H](C)C[C@@H]2CCCC[C@H]21. The number of hydrogen-bond donors (Lipinski definition) is 1. The molecule has 15 heavy (non-hydrogen) atoms. The van der Waals surface area contributed by atoms with Gasteiger partial charge in [0.15, 0.2) is 0 Å². The smallest absolute Gasteiger partial charge is 0.317 e. The summed E-state index contributed by atoms with van der Waals surface area (Å²) in [6, 6.07) is 1.12. The summed E-state index contributed by atoms with van der Waals surface area (Å²) in [6.07, 6.45) is 6.40. The molecule has 1 aliphatic carbocycles. The van der Waals surface area contributed by atoms with Gasteiger partial charge in [-0.25, -0.2) is 4.79 Å². The van der Waals surface area contributed by atoms with Crippen LogP contribution in [0.25, 0.3) is 0 Å². The van der Waals surface area contributed by atoms with E-state index in [0.29, 0.717) is 12.1 Å². The molecule has 0 bridgehead atoms. The van der Waals surface area contributed by atoms with Gasteiger partial charge in [-0.2, -0.15) is 0 Å². The van der Waals surface area contributed by atoms with Gasteiger partial charge < -0.3 is 10.2 Å². The molecule has 3 heteroatoms. The highest BCUT2D eigenvalue weighted by Gasteiger charge is 2.42. The highest BCUT2D eigenvalue weighted by Crippen LogP contribution is 2.39. The quantitative estimate of drug-likeness (QED) is 0.708. The van der Waals surface area contributed by atoms with Gasteiger partial charge in [0.1, 0.15) is 0 Å². The van der Waals surface area contributed by atoms with Crippen LogP contribution in [-0.2, 0) is 0 Å². The van der Waals surface area contributed by atoms with Gasteiger partial charge in [0.05, 0.1) is 0 Å². The summed E-state index contributed by atoms with van der Waals surface area (Å²) in [5, 5.41) is 2.94. The van der Waals surface area contributed by atoms with Crippen molar-refractivity contribution in [3.05, 3.63) is 0 Å². The van der Waals surface area contributed by atoms with E-state index in [1.165, 1.54) is 32.1 Å². The fourth-order valence-electron chi connectivity index (χ4n) is 3.30. The van der Waals surface area contributed by atoms with Gasteiger partial charge in [-0.1, -0.05) is 12.8 Å². The summed E-state index contributed by atoms with van der Waals surface area (Å²) < 4.78 is 0. The van der Waals surface area contributed by atoms with Crippen molar-refractivity contribution < 1.29 is 4.79 Å². The first-order chi connectivity index (χ1) is 7.24. The molecule has 0 aromatic rings. The van der Waals surface area contributed by atoms with Crippen molar-refractivity contribution in [1.29, 1.82) is 0 Å². The second-order valence-corrected chi connectivity index (χ2v) is 4.94. The van der Waals surface area contributed by atoms with E-state index in [1.807, 2.05) is 6.92 Å². The van der Waals surface area contributed by atoms with Gasteiger partial charge in [0, 0.05) is 18.6 Å². The first-order valence-electron chi connectivity index (χ1n) is 6.30. The number of nitrogens with zero attached hydrogens (tertiary/aromatic N) is 1. The van der Waals surface area contributed by atoms with E-state index < -0.39 is 0 Å². The predicted molar refractivity (Wildman–Crippen MR) is 60.7 cm³/mol.